The standard InChI is InChI=1S/C19H25N3O3S2/c1-21(16-9-11-27(24,25)14-16)10-8-18(23)22(2)13-17-12-20-19(26-17)15-6-4-3-5-7-15/h3-7,12,16H,8-11,13-14H2,1-2H3. The van der Waals surface area contributed by atoms with Gasteiger partial charge in [-0.3, -0.25) is 4.79 Å². The van der Waals surface area contributed by atoms with Gasteiger partial charge in [0.1, 0.15) is 5.01 Å². The summed E-state index contributed by atoms with van der Waals surface area (Å²) in [5, 5.41) is 0.952. The van der Waals surface area contributed by atoms with Crippen LogP contribution >= 0.6 is 11.3 Å². The number of sulfone groups is 1. The highest BCUT2D eigenvalue weighted by atomic mass is 32.2. The van der Waals surface area contributed by atoms with Crippen LogP contribution in [0, 0.1) is 0 Å². The summed E-state index contributed by atoms with van der Waals surface area (Å²) in [5.74, 6) is 0.513. The maximum absolute atomic E-state index is 12.4. The number of rotatable bonds is 7. The molecule has 1 aromatic heterocycles. The number of carbonyl (C=O) groups is 1. The molecule has 27 heavy (non-hydrogen) atoms. The zero-order valence-corrected chi connectivity index (χ0v) is 17.3. The van der Waals surface area contributed by atoms with Crippen molar-refractivity contribution in [2.24, 2.45) is 0 Å². The summed E-state index contributed by atoms with van der Waals surface area (Å²) < 4.78 is 23.2. The van der Waals surface area contributed by atoms with E-state index in [2.05, 4.69) is 4.98 Å². The first-order valence-corrected chi connectivity index (χ1v) is 11.6. The zero-order chi connectivity index (χ0) is 19.4. The fourth-order valence-electron chi connectivity index (χ4n) is 3.19. The van der Waals surface area contributed by atoms with E-state index in [-0.39, 0.29) is 23.5 Å². The summed E-state index contributed by atoms with van der Waals surface area (Å²) in [6, 6.07) is 10.0. The lowest BCUT2D eigenvalue weighted by Crippen LogP contribution is -2.36. The quantitative estimate of drug-likeness (QED) is 0.704. The van der Waals surface area contributed by atoms with Crippen LogP contribution in [-0.2, 0) is 21.2 Å². The number of thiazole rings is 1. The van der Waals surface area contributed by atoms with E-state index in [0.717, 1.165) is 15.4 Å². The van der Waals surface area contributed by atoms with E-state index >= 15 is 0 Å². The first kappa shape index (κ1) is 20.0. The summed E-state index contributed by atoms with van der Waals surface area (Å²) in [6.07, 6.45) is 2.87. The van der Waals surface area contributed by atoms with Crippen LogP contribution in [0.25, 0.3) is 10.6 Å². The molecule has 2 aromatic rings. The largest absolute Gasteiger partial charge is 0.341 e. The number of aromatic nitrogens is 1. The molecule has 0 radical (unpaired) electrons. The number of hydrogen-bond donors (Lipinski definition) is 0. The molecule has 1 atom stereocenters. The third-order valence-corrected chi connectivity index (χ3v) is 7.68. The monoisotopic (exact) mass is 407 g/mol. The summed E-state index contributed by atoms with van der Waals surface area (Å²) in [5.41, 5.74) is 1.08. The average molecular weight is 408 g/mol. The molecule has 1 saturated heterocycles. The van der Waals surface area contributed by atoms with Gasteiger partial charge in [0.05, 0.1) is 18.1 Å². The number of carbonyl (C=O) groups excluding carboxylic acids is 1. The van der Waals surface area contributed by atoms with Crippen LogP contribution < -0.4 is 0 Å². The van der Waals surface area contributed by atoms with Crippen molar-refractivity contribution in [3.05, 3.63) is 41.4 Å². The van der Waals surface area contributed by atoms with Crippen LogP contribution in [0.4, 0.5) is 0 Å². The fourth-order valence-corrected chi connectivity index (χ4v) is 5.96. The predicted octanol–water partition coefficient (Wildman–Crippen LogP) is 2.28. The Hall–Kier alpha value is -1.77. The van der Waals surface area contributed by atoms with Crippen molar-refractivity contribution in [3.8, 4) is 10.6 Å². The molecule has 0 N–H and O–H groups in total. The van der Waals surface area contributed by atoms with Crippen LogP contribution in [0.3, 0.4) is 0 Å². The Kier molecular flexibility index (Phi) is 6.29. The Labute approximate surface area is 164 Å². The minimum absolute atomic E-state index is 0.0306. The van der Waals surface area contributed by atoms with Gasteiger partial charge in [-0.25, -0.2) is 13.4 Å². The number of hydrogen-bond acceptors (Lipinski definition) is 6. The molecule has 8 heteroatoms. The number of amides is 1. The van der Waals surface area contributed by atoms with Gasteiger partial charge in [-0.05, 0) is 13.5 Å². The predicted molar refractivity (Wildman–Crippen MR) is 108 cm³/mol. The fraction of sp³-hybridized carbons (Fsp3) is 0.474. The Morgan fingerprint density at radius 2 is 2.00 bits per heavy atom. The molecule has 1 unspecified atom stereocenters. The average Bonchev–Trinajstić information content (AvgIpc) is 3.26. The SMILES string of the molecule is CN(Cc1cnc(-c2ccccc2)s1)C(=O)CCN(C)C1CCS(=O)(=O)C1. The van der Waals surface area contributed by atoms with Gasteiger partial charge in [0.25, 0.3) is 0 Å². The molecule has 3 rings (SSSR count). The van der Waals surface area contributed by atoms with Crippen LogP contribution in [-0.4, -0.2) is 67.3 Å². The molecule has 1 aromatic carbocycles. The molecule has 6 nitrogen and oxygen atoms in total. The zero-order valence-electron chi connectivity index (χ0n) is 15.7. The second-order valence-corrected chi connectivity index (χ2v) is 10.4. The van der Waals surface area contributed by atoms with Gasteiger partial charge in [0.2, 0.25) is 5.91 Å². The highest BCUT2D eigenvalue weighted by Gasteiger charge is 2.30. The van der Waals surface area contributed by atoms with Gasteiger partial charge >= 0.3 is 0 Å². The Morgan fingerprint density at radius 1 is 1.26 bits per heavy atom. The van der Waals surface area contributed by atoms with Gasteiger partial charge in [0.15, 0.2) is 9.84 Å². The minimum Gasteiger partial charge on any atom is -0.341 e. The van der Waals surface area contributed by atoms with Gasteiger partial charge in [-0.1, -0.05) is 30.3 Å². The molecule has 1 aliphatic heterocycles. The normalized spacial score (nSPS) is 18.7. The van der Waals surface area contributed by atoms with Crippen LogP contribution in [0.2, 0.25) is 0 Å². The highest BCUT2D eigenvalue weighted by Crippen LogP contribution is 2.25. The van der Waals surface area contributed by atoms with Crippen molar-refractivity contribution in [2.75, 3.05) is 32.1 Å². The lowest BCUT2D eigenvalue weighted by Gasteiger charge is -2.24. The Bertz CT molecular complexity index is 881. The molecule has 0 spiro atoms. The van der Waals surface area contributed by atoms with Crippen LogP contribution in [0.1, 0.15) is 17.7 Å². The highest BCUT2D eigenvalue weighted by molar-refractivity contribution is 7.91. The molecule has 146 valence electrons. The molecule has 2 heterocycles. The number of nitrogens with zero attached hydrogens (tertiary/aromatic N) is 3. The lowest BCUT2D eigenvalue weighted by molar-refractivity contribution is -0.130. The molecule has 0 saturated carbocycles. The van der Waals surface area contributed by atoms with E-state index in [0.29, 0.717) is 25.9 Å². The Balaban J connectivity index is 1.49. The van der Waals surface area contributed by atoms with E-state index in [4.69, 9.17) is 0 Å². The number of benzene rings is 1. The Morgan fingerprint density at radius 3 is 2.67 bits per heavy atom. The van der Waals surface area contributed by atoms with Crippen molar-refractivity contribution in [1.82, 2.24) is 14.8 Å². The van der Waals surface area contributed by atoms with Crippen molar-refractivity contribution in [1.29, 1.82) is 0 Å². The second kappa shape index (κ2) is 8.50. The smallest absolute Gasteiger partial charge is 0.223 e. The third-order valence-electron chi connectivity index (χ3n) is 4.90. The third kappa shape index (κ3) is 5.37. The molecule has 1 amide bonds. The first-order chi connectivity index (χ1) is 12.8. The van der Waals surface area contributed by atoms with Gasteiger partial charge in [0, 0.05) is 42.7 Å². The van der Waals surface area contributed by atoms with Crippen molar-refractivity contribution in [2.45, 2.75) is 25.4 Å². The topological polar surface area (TPSA) is 70.6 Å². The first-order valence-electron chi connectivity index (χ1n) is 8.99. The van der Waals surface area contributed by atoms with Crippen molar-refractivity contribution < 1.29 is 13.2 Å². The van der Waals surface area contributed by atoms with E-state index in [9.17, 15) is 13.2 Å². The summed E-state index contributed by atoms with van der Waals surface area (Å²) in [7, 11) is 0.794. The second-order valence-electron chi connectivity index (χ2n) is 7.04. The van der Waals surface area contributed by atoms with Gasteiger partial charge in [-0.15, -0.1) is 11.3 Å². The van der Waals surface area contributed by atoms with Crippen molar-refractivity contribution >= 4 is 27.1 Å². The van der Waals surface area contributed by atoms with Crippen LogP contribution in [0.15, 0.2) is 36.5 Å². The van der Waals surface area contributed by atoms with E-state index in [1.54, 1.807) is 23.3 Å². The van der Waals surface area contributed by atoms with Gasteiger partial charge < -0.3 is 9.80 Å². The van der Waals surface area contributed by atoms with E-state index in [1.165, 1.54) is 0 Å². The molecular formula is C19H25N3O3S2. The maximum Gasteiger partial charge on any atom is 0.223 e. The maximum atomic E-state index is 12.4. The molecule has 1 fully saturated rings. The van der Waals surface area contributed by atoms with Gasteiger partial charge in [-0.2, -0.15) is 0 Å². The van der Waals surface area contributed by atoms with Crippen LogP contribution in [0.5, 0.6) is 0 Å². The van der Waals surface area contributed by atoms with Crippen molar-refractivity contribution in [3.63, 3.8) is 0 Å². The minimum atomic E-state index is -2.90. The summed E-state index contributed by atoms with van der Waals surface area (Å²) in [4.78, 5) is 21.6. The van der Waals surface area contributed by atoms with E-state index in [1.807, 2.05) is 48.5 Å². The summed E-state index contributed by atoms with van der Waals surface area (Å²) in [6.45, 7) is 1.10. The molecule has 1 aliphatic rings. The van der Waals surface area contributed by atoms with E-state index < -0.39 is 9.84 Å². The lowest BCUT2D eigenvalue weighted by atomic mass is 10.2. The molecule has 0 aliphatic carbocycles. The molecular weight excluding hydrogens is 382 g/mol. The summed E-state index contributed by atoms with van der Waals surface area (Å²) >= 11 is 1.59. The molecule has 0 bridgehead atoms.